The molecule has 0 saturated carbocycles. The maximum Gasteiger partial charge on any atom is 0.261 e. The molecule has 1 aliphatic rings. The van der Waals surface area contributed by atoms with Crippen molar-refractivity contribution < 1.29 is 17.6 Å². The molecule has 1 aliphatic heterocycles. The summed E-state index contributed by atoms with van der Waals surface area (Å²) < 4.78 is 41.2. The highest BCUT2D eigenvalue weighted by molar-refractivity contribution is 7.92. The van der Waals surface area contributed by atoms with Crippen LogP contribution in [0.1, 0.15) is 35.2 Å². The van der Waals surface area contributed by atoms with E-state index in [0.29, 0.717) is 17.1 Å². The van der Waals surface area contributed by atoms with Crippen LogP contribution < -0.4 is 14.9 Å². The largest absolute Gasteiger partial charge is 0.355 e. The van der Waals surface area contributed by atoms with Crippen LogP contribution in [-0.4, -0.2) is 32.4 Å². The average Bonchev–Trinajstić information content (AvgIpc) is 2.81. The van der Waals surface area contributed by atoms with E-state index in [-0.39, 0.29) is 16.1 Å². The number of rotatable bonds is 6. The predicted molar refractivity (Wildman–Crippen MR) is 127 cm³/mol. The minimum atomic E-state index is -3.97. The number of carbonyl (C=O) groups excluding carboxylic acids is 1. The van der Waals surface area contributed by atoms with Gasteiger partial charge < -0.3 is 10.2 Å². The number of amides is 1. The highest BCUT2D eigenvalue weighted by atomic mass is 32.2. The van der Waals surface area contributed by atoms with Crippen LogP contribution in [0.4, 0.5) is 21.6 Å². The number of nitrogens with one attached hydrogen (secondary N) is 2. The second-order valence-corrected chi connectivity index (χ2v) is 9.65. The predicted octanol–water partition coefficient (Wildman–Crippen LogP) is 4.57. The summed E-state index contributed by atoms with van der Waals surface area (Å²) in [5, 5.41) is 2.90. The Morgan fingerprint density at radius 1 is 1.03 bits per heavy atom. The molecule has 4 rings (SSSR count). The summed E-state index contributed by atoms with van der Waals surface area (Å²) in [6.07, 6.45) is 5.02. The van der Waals surface area contributed by atoms with Crippen LogP contribution in [0.5, 0.6) is 0 Å². The lowest BCUT2D eigenvalue weighted by molar-refractivity contribution is 0.102. The molecule has 1 fully saturated rings. The lowest BCUT2D eigenvalue weighted by Crippen LogP contribution is -2.31. The molecule has 0 bridgehead atoms. The molecule has 1 amide bonds. The Morgan fingerprint density at radius 3 is 2.48 bits per heavy atom. The summed E-state index contributed by atoms with van der Waals surface area (Å²) >= 11 is 0. The minimum Gasteiger partial charge on any atom is -0.355 e. The van der Waals surface area contributed by atoms with Crippen LogP contribution in [0.2, 0.25) is 0 Å². The molecule has 2 aromatic carbocycles. The molecule has 3 aromatic rings. The van der Waals surface area contributed by atoms with Gasteiger partial charge in [-0.3, -0.25) is 9.52 Å². The van der Waals surface area contributed by atoms with Crippen LogP contribution in [0.15, 0.2) is 65.7 Å². The molecular weight excluding hydrogens is 443 g/mol. The van der Waals surface area contributed by atoms with Crippen molar-refractivity contribution in [1.29, 1.82) is 0 Å². The summed E-state index contributed by atoms with van der Waals surface area (Å²) in [4.78, 5) is 19.7. The van der Waals surface area contributed by atoms with Crippen LogP contribution >= 0.6 is 0 Å². The molecule has 172 valence electrons. The molecule has 1 aromatic heterocycles. The van der Waals surface area contributed by atoms with E-state index in [1.54, 1.807) is 31.3 Å². The number of hydrogen-bond acceptors (Lipinski definition) is 5. The summed E-state index contributed by atoms with van der Waals surface area (Å²) in [5.74, 6) is -0.172. The van der Waals surface area contributed by atoms with Gasteiger partial charge in [0.25, 0.3) is 15.9 Å². The van der Waals surface area contributed by atoms with Crippen molar-refractivity contribution in [2.45, 2.75) is 31.1 Å². The third kappa shape index (κ3) is 5.31. The normalized spacial score (nSPS) is 14.1. The zero-order valence-electron chi connectivity index (χ0n) is 18.2. The Kier molecular flexibility index (Phi) is 6.60. The first-order chi connectivity index (χ1) is 15.8. The Bertz CT molecular complexity index is 1260. The fourth-order valence-corrected chi connectivity index (χ4v) is 4.87. The van der Waals surface area contributed by atoms with E-state index >= 15 is 0 Å². The summed E-state index contributed by atoms with van der Waals surface area (Å²) in [7, 11) is -3.97. The quantitative estimate of drug-likeness (QED) is 0.553. The Morgan fingerprint density at radius 2 is 1.76 bits per heavy atom. The number of carbonyl (C=O) groups is 1. The number of benzene rings is 2. The third-order valence-corrected chi connectivity index (χ3v) is 6.93. The van der Waals surface area contributed by atoms with Crippen molar-refractivity contribution in [1.82, 2.24) is 4.98 Å². The SMILES string of the molecule is Cc1ccc(S(=O)(=O)Nc2ccc(F)cc2)cc1C(=O)Nc1cccnc1N1CCCCC1. The molecule has 9 heteroatoms. The van der Waals surface area contributed by atoms with Crippen LogP contribution in [0.25, 0.3) is 0 Å². The minimum absolute atomic E-state index is 0.0648. The van der Waals surface area contributed by atoms with Gasteiger partial charge in [0.1, 0.15) is 5.82 Å². The molecule has 33 heavy (non-hydrogen) atoms. The van der Waals surface area contributed by atoms with Gasteiger partial charge in [-0.1, -0.05) is 6.07 Å². The molecule has 0 unspecified atom stereocenters. The van der Waals surface area contributed by atoms with Gasteiger partial charge in [-0.05, 0) is 80.3 Å². The third-order valence-electron chi connectivity index (χ3n) is 5.55. The topological polar surface area (TPSA) is 91.4 Å². The fraction of sp³-hybridized carbons (Fsp3) is 0.250. The number of aryl methyl sites for hydroxylation is 1. The zero-order valence-corrected chi connectivity index (χ0v) is 19.0. The van der Waals surface area contributed by atoms with Gasteiger partial charge >= 0.3 is 0 Å². The van der Waals surface area contributed by atoms with Crippen molar-refractivity contribution >= 4 is 33.1 Å². The maximum atomic E-state index is 13.1. The number of halogens is 1. The number of hydrogen-bond donors (Lipinski definition) is 2. The monoisotopic (exact) mass is 468 g/mol. The second-order valence-electron chi connectivity index (χ2n) is 7.97. The van der Waals surface area contributed by atoms with E-state index in [1.807, 2.05) is 0 Å². The standard InChI is InChI=1S/C24H25FN4O3S/c1-17-7-12-20(33(31,32)28-19-10-8-18(25)9-11-19)16-21(17)24(30)27-22-6-5-13-26-23(22)29-14-3-2-4-15-29/h5-13,16,28H,2-4,14-15H2,1H3,(H,27,30). The highest BCUT2D eigenvalue weighted by Gasteiger charge is 2.21. The number of anilines is 3. The van der Waals surface area contributed by atoms with E-state index in [4.69, 9.17) is 0 Å². The lowest BCUT2D eigenvalue weighted by Gasteiger charge is -2.29. The van der Waals surface area contributed by atoms with Gasteiger partial charge in [0.2, 0.25) is 0 Å². The van der Waals surface area contributed by atoms with Gasteiger partial charge in [0.15, 0.2) is 5.82 Å². The van der Waals surface area contributed by atoms with Gasteiger partial charge in [0, 0.05) is 30.5 Å². The average molecular weight is 469 g/mol. The summed E-state index contributed by atoms with van der Waals surface area (Å²) in [6.45, 7) is 3.50. The van der Waals surface area contributed by atoms with Gasteiger partial charge in [0.05, 0.1) is 10.6 Å². The Hall–Kier alpha value is -3.46. The molecule has 0 radical (unpaired) electrons. The maximum absolute atomic E-state index is 13.1. The van der Waals surface area contributed by atoms with Gasteiger partial charge in [-0.25, -0.2) is 17.8 Å². The van der Waals surface area contributed by atoms with Crippen LogP contribution in [0, 0.1) is 12.7 Å². The molecule has 0 spiro atoms. The highest BCUT2D eigenvalue weighted by Crippen LogP contribution is 2.27. The zero-order chi connectivity index (χ0) is 23.4. The summed E-state index contributed by atoms with van der Waals surface area (Å²) in [5.41, 5.74) is 1.69. The van der Waals surface area contributed by atoms with Crippen LogP contribution in [0.3, 0.4) is 0 Å². The number of sulfonamides is 1. The number of nitrogens with zero attached hydrogens (tertiary/aromatic N) is 2. The van der Waals surface area contributed by atoms with Crippen molar-refractivity contribution in [3.05, 3.63) is 77.7 Å². The van der Waals surface area contributed by atoms with Crippen LogP contribution in [-0.2, 0) is 10.0 Å². The molecule has 0 aliphatic carbocycles. The van der Waals surface area contributed by atoms with Crippen molar-refractivity contribution in [3.63, 3.8) is 0 Å². The van der Waals surface area contributed by atoms with Crippen molar-refractivity contribution in [2.24, 2.45) is 0 Å². The Labute approximate surface area is 192 Å². The van der Waals surface area contributed by atoms with Gasteiger partial charge in [-0.15, -0.1) is 0 Å². The van der Waals surface area contributed by atoms with Gasteiger partial charge in [-0.2, -0.15) is 0 Å². The fourth-order valence-electron chi connectivity index (χ4n) is 3.79. The first-order valence-electron chi connectivity index (χ1n) is 10.7. The van der Waals surface area contributed by atoms with E-state index in [1.165, 1.54) is 42.8 Å². The number of piperidine rings is 1. The molecule has 0 atom stereocenters. The molecular formula is C24H25FN4O3S. The van der Waals surface area contributed by atoms with E-state index in [0.717, 1.165) is 25.9 Å². The van der Waals surface area contributed by atoms with Crippen molar-refractivity contribution in [2.75, 3.05) is 28.0 Å². The molecule has 7 nitrogen and oxygen atoms in total. The molecule has 2 heterocycles. The lowest BCUT2D eigenvalue weighted by atomic mass is 10.1. The Balaban J connectivity index is 1.58. The summed E-state index contributed by atoms with van der Waals surface area (Å²) in [6, 6.07) is 12.9. The molecule has 1 saturated heterocycles. The first kappa shape index (κ1) is 22.7. The van der Waals surface area contributed by atoms with E-state index < -0.39 is 21.7 Å². The van der Waals surface area contributed by atoms with E-state index in [9.17, 15) is 17.6 Å². The first-order valence-corrected chi connectivity index (χ1v) is 12.2. The smallest absolute Gasteiger partial charge is 0.261 e. The van der Waals surface area contributed by atoms with E-state index in [2.05, 4.69) is 19.9 Å². The number of pyridine rings is 1. The number of aromatic nitrogens is 1. The second kappa shape index (κ2) is 9.58. The van der Waals surface area contributed by atoms with Crippen molar-refractivity contribution in [3.8, 4) is 0 Å². The molecule has 2 N–H and O–H groups in total.